The Kier molecular flexibility index (Phi) is 6.59. The number of amidine groups is 1. The number of thioether (sulfide) groups is 1. The van der Waals surface area contributed by atoms with Crippen LogP contribution in [0.5, 0.6) is 11.5 Å². The molecule has 0 spiro atoms. The standard InChI is InChI=1S/C21H19BrN2O3S/c1-4-10-24-20(25)18(28-21(24)23-15-8-6-5-7-9-15)13-14-11-16(22)19(27-3)17(12-14)26-2/h4-9,11-13H,1,10H2,2-3H3/b18-13-,23-21?. The average Bonchev–Trinajstić information content (AvgIpc) is 2.97. The zero-order chi connectivity index (χ0) is 20.1. The first kappa shape index (κ1) is 20.2. The number of nitrogens with zero attached hydrogens (tertiary/aromatic N) is 2. The minimum Gasteiger partial charge on any atom is -0.493 e. The number of hydrogen-bond donors (Lipinski definition) is 0. The number of methoxy groups -OCH3 is 2. The molecule has 1 aliphatic heterocycles. The first-order valence-electron chi connectivity index (χ1n) is 8.45. The highest BCUT2D eigenvalue weighted by atomic mass is 79.9. The van der Waals surface area contributed by atoms with E-state index in [0.717, 1.165) is 15.7 Å². The van der Waals surface area contributed by atoms with Crippen LogP contribution < -0.4 is 9.47 Å². The number of hydrogen-bond acceptors (Lipinski definition) is 5. The molecule has 0 unspecified atom stereocenters. The molecular formula is C21H19BrN2O3S. The van der Waals surface area contributed by atoms with Gasteiger partial charge in [0.05, 0.1) is 29.3 Å². The summed E-state index contributed by atoms with van der Waals surface area (Å²) in [7, 11) is 3.16. The van der Waals surface area contributed by atoms with Crippen LogP contribution in [0.15, 0.2) is 69.5 Å². The molecule has 0 N–H and O–H groups in total. The van der Waals surface area contributed by atoms with E-state index >= 15 is 0 Å². The van der Waals surface area contributed by atoms with Crippen molar-refractivity contribution in [3.8, 4) is 11.5 Å². The third-order valence-corrected chi connectivity index (χ3v) is 5.53. The summed E-state index contributed by atoms with van der Waals surface area (Å²) in [6.07, 6.45) is 3.51. The van der Waals surface area contributed by atoms with Gasteiger partial charge in [-0.2, -0.15) is 0 Å². The molecule has 7 heteroatoms. The number of ether oxygens (including phenoxy) is 2. The molecule has 1 aliphatic rings. The molecule has 0 saturated carbocycles. The maximum atomic E-state index is 12.9. The number of benzene rings is 2. The van der Waals surface area contributed by atoms with Crippen LogP contribution in [0.3, 0.4) is 0 Å². The van der Waals surface area contributed by atoms with E-state index in [2.05, 4.69) is 27.5 Å². The summed E-state index contributed by atoms with van der Waals surface area (Å²) in [5.74, 6) is 1.08. The number of para-hydroxylation sites is 1. The highest BCUT2D eigenvalue weighted by Crippen LogP contribution is 2.39. The van der Waals surface area contributed by atoms with Gasteiger partial charge in [-0.05, 0) is 63.6 Å². The van der Waals surface area contributed by atoms with Gasteiger partial charge in [-0.15, -0.1) is 6.58 Å². The van der Waals surface area contributed by atoms with E-state index in [1.807, 2.05) is 48.5 Å². The fourth-order valence-corrected chi connectivity index (χ4v) is 4.30. The Balaban J connectivity index is 1.98. The molecule has 0 aliphatic carbocycles. The molecule has 0 bridgehead atoms. The summed E-state index contributed by atoms with van der Waals surface area (Å²) >= 11 is 4.82. The second-order valence-electron chi connectivity index (χ2n) is 5.78. The smallest absolute Gasteiger partial charge is 0.267 e. The lowest BCUT2D eigenvalue weighted by Crippen LogP contribution is -2.29. The molecule has 5 nitrogen and oxygen atoms in total. The van der Waals surface area contributed by atoms with Crippen LogP contribution in [0.4, 0.5) is 5.69 Å². The highest BCUT2D eigenvalue weighted by Gasteiger charge is 2.32. The lowest BCUT2D eigenvalue weighted by Gasteiger charge is -2.12. The summed E-state index contributed by atoms with van der Waals surface area (Å²) in [5.41, 5.74) is 1.61. The molecule has 1 fully saturated rings. The fourth-order valence-electron chi connectivity index (χ4n) is 2.67. The van der Waals surface area contributed by atoms with Crippen molar-refractivity contribution in [3.63, 3.8) is 0 Å². The molecule has 2 aromatic carbocycles. The number of carbonyl (C=O) groups excluding carboxylic acids is 1. The zero-order valence-corrected chi connectivity index (χ0v) is 17.9. The third-order valence-electron chi connectivity index (χ3n) is 3.93. The zero-order valence-electron chi connectivity index (χ0n) is 15.5. The molecule has 0 atom stereocenters. The molecule has 0 aromatic heterocycles. The number of aliphatic imine (C=N–C) groups is 1. The van der Waals surface area contributed by atoms with Crippen molar-refractivity contribution in [1.82, 2.24) is 4.90 Å². The Morgan fingerprint density at radius 1 is 1.21 bits per heavy atom. The number of carbonyl (C=O) groups is 1. The molecule has 3 rings (SSSR count). The van der Waals surface area contributed by atoms with Gasteiger partial charge in [0.2, 0.25) is 0 Å². The normalized spacial score (nSPS) is 16.7. The third kappa shape index (κ3) is 4.31. The minimum absolute atomic E-state index is 0.106. The van der Waals surface area contributed by atoms with E-state index in [1.54, 1.807) is 25.2 Å². The van der Waals surface area contributed by atoms with Gasteiger partial charge in [-0.1, -0.05) is 24.3 Å². The van der Waals surface area contributed by atoms with Gasteiger partial charge in [-0.3, -0.25) is 9.69 Å². The van der Waals surface area contributed by atoms with E-state index in [4.69, 9.17) is 9.47 Å². The molecule has 2 aromatic rings. The Bertz CT molecular complexity index is 958. The van der Waals surface area contributed by atoms with Crippen LogP contribution in [0, 0.1) is 0 Å². The molecule has 0 radical (unpaired) electrons. The van der Waals surface area contributed by atoms with Crippen LogP contribution in [0.25, 0.3) is 6.08 Å². The Morgan fingerprint density at radius 2 is 1.96 bits per heavy atom. The molecule has 144 valence electrons. The van der Waals surface area contributed by atoms with Gasteiger partial charge in [0, 0.05) is 6.54 Å². The van der Waals surface area contributed by atoms with Crippen LogP contribution in [-0.4, -0.2) is 36.7 Å². The SMILES string of the molecule is C=CCN1C(=O)/C(=C/c2cc(Br)c(OC)c(OC)c2)SC1=Nc1ccccc1. The van der Waals surface area contributed by atoms with Gasteiger partial charge in [0.1, 0.15) is 0 Å². The van der Waals surface area contributed by atoms with Crippen molar-refractivity contribution >= 4 is 50.5 Å². The molecular weight excluding hydrogens is 440 g/mol. The van der Waals surface area contributed by atoms with Gasteiger partial charge in [-0.25, -0.2) is 4.99 Å². The predicted octanol–water partition coefficient (Wildman–Crippen LogP) is 5.26. The lowest BCUT2D eigenvalue weighted by molar-refractivity contribution is -0.121. The fraction of sp³-hybridized carbons (Fsp3) is 0.143. The minimum atomic E-state index is -0.106. The molecule has 1 amide bonds. The van der Waals surface area contributed by atoms with Crippen molar-refractivity contribution in [2.24, 2.45) is 4.99 Å². The summed E-state index contributed by atoms with van der Waals surface area (Å²) in [6, 6.07) is 13.3. The summed E-state index contributed by atoms with van der Waals surface area (Å²) < 4.78 is 11.5. The van der Waals surface area contributed by atoms with E-state index in [0.29, 0.717) is 28.1 Å². The van der Waals surface area contributed by atoms with Crippen molar-refractivity contribution in [2.75, 3.05) is 20.8 Å². The maximum Gasteiger partial charge on any atom is 0.267 e. The van der Waals surface area contributed by atoms with Crippen molar-refractivity contribution < 1.29 is 14.3 Å². The van der Waals surface area contributed by atoms with Gasteiger partial charge in [0.25, 0.3) is 5.91 Å². The van der Waals surface area contributed by atoms with Crippen molar-refractivity contribution in [3.05, 3.63) is 70.1 Å². The quantitative estimate of drug-likeness (QED) is 0.437. The number of rotatable bonds is 6. The Hall–Kier alpha value is -2.51. The number of halogens is 1. The van der Waals surface area contributed by atoms with Crippen LogP contribution in [-0.2, 0) is 4.79 Å². The van der Waals surface area contributed by atoms with E-state index in [9.17, 15) is 4.79 Å². The first-order chi connectivity index (χ1) is 13.6. The molecule has 1 heterocycles. The van der Waals surface area contributed by atoms with Crippen molar-refractivity contribution in [1.29, 1.82) is 0 Å². The van der Waals surface area contributed by atoms with Crippen LogP contribution in [0.1, 0.15) is 5.56 Å². The van der Waals surface area contributed by atoms with Gasteiger partial charge in [0.15, 0.2) is 16.7 Å². The molecule has 1 saturated heterocycles. The number of amides is 1. The van der Waals surface area contributed by atoms with Crippen LogP contribution in [0.2, 0.25) is 0 Å². The van der Waals surface area contributed by atoms with E-state index in [-0.39, 0.29) is 5.91 Å². The second-order valence-corrected chi connectivity index (χ2v) is 7.65. The predicted molar refractivity (Wildman–Crippen MR) is 118 cm³/mol. The first-order valence-corrected chi connectivity index (χ1v) is 10.1. The monoisotopic (exact) mass is 458 g/mol. The largest absolute Gasteiger partial charge is 0.493 e. The van der Waals surface area contributed by atoms with Crippen LogP contribution >= 0.6 is 27.7 Å². The Labute approximate surface area is 176 Å². The second kappa shape index (κ2) is 9.12. The highest BCUT2D eigenvalue weighted by molar-refractivity contribution is 9.10. The summed E-state index contributed by atoms with van der Waals surface area (Å²) in [5, 5.41) is 0.627. The topological polar surface area (TPSA) is 51.1 Å². The average molecular weight is 459 g/mol. The van der Waals surface area contributed by atoms with Gasteiger partial charge >= 0.3 is 0 Å². The summed E-state index contributed by atoms with van der Waals surface area (Å²) in [6.45, 7) is 4.14. The van der Waals surface area contributed by atoms with Crippen molar-refractivity contribution in [2.45, 2.75) is 0 Å². The van der Waals surface area contributed by atoms with Gasteiger partial charge < -0.3 is 9.47 Å². The molecule has 28 heavy (non-hydrogen) atoms. The lowest BCUT2D eigenvalue weighted by atomic mass is 10.2. The van der Waals surface area contributed by atoms with E-state index < -0.39 is 0 Å². The Morgan fingerprint density at radius 3 is 2.61 bits per heavy atom. The van der Waals surface area contributed by atoms with E-state index in [1.165, 1.54) is 11.8 Å². The summed E-state index contributed by atoms with van der Waals surface area (Å²) in [4.78, 5) is 19.7. The maximum absolute atomic E-state index is 12.9.